The number of benzene rings is 1. The highest BCUT2D eigenvalue weighted by Crippen LogP contribution is 2.42. The zero-order valence-electron chi connectivity index (χ0n) is 10.7. The first-order chi connectivity index (χ1) is 8.66. The van der Waals surface area contributed by atoms with Crippen LogP contribution in [0.2, 0.25) is 5.02 Å². The minimum atomic E-state index is 0.154. The summed E-state index contributed by atoms with van der Waals surface area (Å²) < 4.78 is 0. The van der Waals surface area contributed by atoms with E-state index >= 15 is 0 Å². The number of H-pyrrole nitrogens is 1. The quantitative estimate of drug-likeness (QED) is 0.847. The smallest absolute Gasteiger partial charge is 0.0650 e. The first kappa shape index (κ1) is 12.1. The molecule has 1 saturated carbocycles. The average molecular weight is 263 g/mol. The minimum absolute atomic E-state index is 0.154. The number of hydrogen-bond acceptors (Lipinski definition) is 1. The molecule has 0 radical (unpaired) electrons. The highest BCUT2D eigenvalue weighted by molar-refractivity contribution is 6.35. The fraction of sp³-hybridized carbons (Fsp3) is 0.467. The molecule has 1 aliphatic rings. The number of aromatic nitrogens is 1. The number of rotatable bonds is 2. The standard InChI is InChI=1S/C15H19ClN2/c1-10-8-18-14-12(10)6-11(7-13(14)16)15(9-17)4-2-3-5-15/h6-8,18H,2-5,9,17H2,1H3. The molecule has 1 aromatic heterocycles. The second-order valence-electron chi connectivity index (χ2n) is 5.54. The molecule has 1 aliphatic carbocycles. The third-order valence-corrected chi connectivity index (χ3v) is 4.81. The Morgan fingerprint density at radius 1 is 1.33 bits per heavy atom. The van der Waals surface area contributed by atoms with Crippen LogP contribution in [-0.4, -0.2) is 11.5 Å². The molecule has 3 N–H and O–H groups in total. The number of aryl methyl sites for hydroxylation is 1. The summed E-state index contributed by atoms with van der Waals surface area (Å²) in [6, 6.07) is 4.39. The van der Waals surface area contributed by atoms with Gasteiger partial charge in [-0.15, -0.1) is 0 Å². The van der Waals surface area contributed by atoms with Gasteiger partial charge in [-0.3, -0.25) is 0 Å². The van der Waals surface area contributed by atoms with Crippen LogP contribution in [0.1, 0.15) is 36.8 Å². The monoisotopic (exact) mass is 262 g/mol. The molecule has 1 fully saturated rings. The van der Waals surface area contributed by atoms with Crippen molar-refractivity contribution in [3.63, 3.8) is 0 Å². The van der Waals surface area contributed by atoms with E-state index in [1.165, 1.54) is 42.2 Å². The summed E-state index contributed by atoms with van der Waals surface area (Å²) in [5.74, 6) is 0. The van der Waals surface area contributed by atoms with Crippen molar-refractivity contribution < 1.29 is 0 Å². The summed E-state index contributed by atoms with van der Waals surface area (Å²) in [5.41, 5.74) is 9.83. The maximum atomic E-state index is 6.40. The second-order valence-corrected chi connectivity index (χ2v) is 5.95. The molecular weight excluding hydrogens is 244 g/mol. The van der Waals surface area contributed by atoms with Crippen LogP contribution in [0.4, 0.5) is 0 Å². The van der Waals surface area contributed by atoms with Crippen LogP contribution in [0, 0.1) is 6.92 Å². The lowest BCUT2D eigenvalue weighted by molar-refractivity contribution is 0.453. The Morgan fingerprint density at radius 3 is 2.72 bits per heavy atom. The van der Waals surface area contributed by atoms with Crippen molar-refractivity contribution in [3.8, 4) is 0 Å². The topological polar surface area (TPSA) is 41.8 Å². The van der Waals surface area contributed by atoms with E-state index in [9.17, 15) is 0 Å². The zero-order chi connectivity index (χ0) is 12.8. The van der Waals surface area contributed by atoms with Gasteiger partial charge < -0.3 is 10.7 Å². The van der Waals surface area contributed by atoms with Crippen LogP contribution in [0.15, 0.2) is 18.3 Å². The number of nitrogens with two attached hydrogens (primary N) is 1. The van der Waals surface area contributed by atoms with Gasteiger partial charge in [-0.05, 0) is 43.0 Å². The van der Waals surface area contributed by atoms with Gasteiger partial charge in [-0.1, -0.05) is 24.4 Å². The lowest BCUT2D eigenvalue weighted by Crippen LogP contribution is -2.31. The first-order valence-corrected chi connectivity index (χ1v) is 7.02. The van der Waals surface area contributed by atoms with Crippen molar-refractivity contribution in [2.45, 2.75) is 38.0 Å². The van der Waals surface area contributed by atoms with Crippen molar-refractivity contribution in [3.05, 3.63) is 34.5 Å². The molecule has 0 bridgehead atoms. The first-order valence-electron chi connectivity index (χ1n) is 6.64. The van der Waals surface area contributed by atoms with E-state index in [4.69, 9.17) is 17.3 Å². The molecule has 0 atom stereocenters. The molecule has 1 aromatic carbocycles. The normalized spacial score (nSPS) is 18.6. The number of fused-ring (bicyclic) bond motifs is 1. The molecule has 3 heteroatoms. The molecule has 2 nitrogen and oxygen atoms in total. The Labute approximate surface area is 113 Å². The van der Waals surface area contributed by atoms with Gasteiger partial charge in [0.05, 0.1) is 10.5 Å². The second kappa shape index (κ2) is 4.29. The summed E-state index contributed by atoms with van der Waals surface area (Å²) in [4.78, 5) is 3.24. The molecule has 0 aliphatic heterocycles. The van der Waals surface area contributed by atoms with Crippen LogP contribution < -0.4 is 5.73 Å². The van der Waals surface area contributed by atoms with Crippen molar-refractivity contribution in [2.24, 2.45) is 5.73 Å². The molecule has 2 aromatic rings. The molecule has 0 unspecified atom stereocenters. The Bertz CT molecular complexity index is 579. The fourth-order valence-electron chi connectivity index (χ4n) is 3.29. The summed E-state index contributed by atoms with van der Waals surface area (Å²) in [6.45, 7) is 2.83. The Hall–Kier alpha value is -0.990. The SMILES string of the molecule is Cc1c[nH]c2c(Cl)cc(C3(CN)CCCC3)cc12. The summed E-state index contributed by atoms with van der Waals surface area (Å²) in [7, 11) is 0. The average Bonchev–Trinajstić information content (AvgIpc) is 2.98. The number of aromatic amines is 1. The van der Waals surface area contributed by atoms with Gasteiger partial charge in [0.2, 0.25) is 0 Å². The summed E-state index contributed by atoms with van der Waals surface area (Å²) in [6.07, 6.45) is 6.95. The molecule has 0 amide bonds. The predicted molar refractivity (Wildman–Crippen MR) is 77.2 cm³/mol. The minimum Gasteiger partial charge on any atom is -0.360 e. The van der Waals surface area contributed by atoms with E-state index in [2.05, 4.69) is 24.0 Å². The van der Waals surface area contributed by atoms with E-state index in [1.54, 1.807) is 0 Å². The largest absolute Gasteiger partial charge is 0.360 e. The lowest BCUT2D eigenvalue weighted by Gasteiger charge is -2.28. The van der Waals surface area contributed by atoms with E-state index in [0.717, 1.165) is 17.1 Å². The van der Waals surface area contributed by atoms with Crippen LogP contribution in [0.25, 0.3) is 10.9 Å². The van der Waals surface area contributed by atoms with Crippen LogP contribution in [0.5, 0.6) is 0 Å². The van der Waals surface area contributed by atoms with Crippen LogP contribution in [-0.2, 0) is 5.41 Å². The molecule has 0 spiro atoms. The third kappa shape index (κ3) is 1.67. The number of nitrogens with one attached hydrogen (secondary N) is 1. The van der Waals surface area contributed by atoms with Gasteiger partial charge in [-0.25, -0.2) is 0 Å². The van der Waals surface area contributed by atoms with E-state index in [1.807, 2.05) is 6.20 Å². The van der Waals surface area contributed by atoms with E-state index < -0.39 is 0 Å². The van der Waals surface area contributed by atoms with E-state index in [-0.39, 0.29) is 5.41 Å². The van der Waals surface area contributed by atoms with Crippen LogP contribution >= 0.6 is 11.6 Å². The highest BCUT2D eigenvalue weighted by atomic mass is 35.5. The van der Waals surface area contributed by atoms with Crippen molar-refractivity contribution in [2.75, 3.05) is 6.54 Å². The van der Waals surface area contributed by atoms with Crippen LogP contribution in [0.3, 0.4) is 0 Å². The van der Waals surface area contributed by atoms with Crippen molar-refractivity contribution in [1.82, 2.24) is 4.98 Å². The van der Waals surface area contributed by atoms with Gasteiger partial charge in [0.15, 0.2) is 0 Å². The van der Waals surface area contributed by atoms with E-state index in [0.29, 0.717) is 0 Å². The summed E-state index contributed by atoms with van der Waals surface area (Å²) >= 11 is 6.40. The molecule has 3 rings (SSSR count). The predicted octanol–water partition coefficient (Wildman–Crippen LogP) is 3.90. The molecule has 18 heavy (non-hydrogen) atoms. The van der Waals surface area contributed by atoms with Gasteiger partial charge >= 0.3 is 0 Å². The summed E-state index contributed by atoms with van der Waals surface area (Å²) in [5, 5.41) is 2.05. The zero-order valence-corrected chi connectivity index (χ0v) is 11.5. The van der Waals surface area contributed by atoms with Gasteiger partial charge in [0.25, 0.3) is 0 Å². The molecule has 96 valence electrons. The fourth-order valence-corrected chi connectivity index (χ4v) is 3.57. The Balaban J connectivity index is 2.20. The Kier molecular flexibility index (Phi) is 2.87. The molecule has 1 heterocycles. The lowest BCUT2D eigenvalue weighted by atomic mass is 9.78. The van der Waals surface area contributed by atoms with Crippen molar-refractivity contribution in [1.29, 1.82) is 0 Å². The van der Waals surface area contributed by atoms with Gasteiger partial charge in [0, 0.05) is 23.5 Å². The van der Waals surface area contributed by atoms with Gasteiger partial charge in [-0.2, -0.15) is 0 Å². The maximum Gasteiger partial charge on any atom is 0.0650 e. The molecule has 0 saturated heterocycles. The Morgan fingerprint density at radius 2 is 2.06 bits per heavy atom. The van der Waals surface area contributed by atoms with Crippen molar-refractivity contribution >= 4 is 22.5 Å². The maximum absolute atomic E-state index is 6.40. The molecular formula is C15H19ClN2. The van der Waals surface area contributed by atoms with Gasteiger partial charge in [0.1, 0.15) is 0 Å². The highest BCUT2D eigenvalue weighted by Gasteiger charge is 2.34. The third-order valence-electron chi connectivity index (χ3n) is 4.51. The number of hydrogen-bond donors (Lipinski definition) is 2. The number of halogens is 1.